The summed E-state index contributed by atoms with van der Waals surface area (Å²) in [5.41, 5.74) is 1.42. The van der Waals surface area contributed by atoms with Crippen LogP contribution in [0, 0.1) is 6.92 Å². The van der Waals surface area contributed by atoms with E-state index in [-0.39, 0.29) is 5.60 Å². The van der Waals surface area contributed by atoms with Crippen molar-refractivity contribution in [3.05, 3.63) is 23.5 Å². The molecule has 0 bridgehead atoms. The van der Waals surface area contributed by atoms with E-state index >= 15 is 0 Å². The molecule has 0 unspecified atom stereocenters. The zero-order chi connectivity index (χ0) is 22.5. The van der Waals surface area contributed by atoms with Crippen molar-refractivity contribution in [1.29, 1.82) is 0 Å². The van der Waals surface area contributed by atoms with Crippen molar-refractivity contribution in [3.8, 4) is 0 Å². The van der Waals surface area contributed by atoms with Gasteiger partial charge in [0.25, 0.3) is 0 Å². The summed E-state index contributed by atoms with van der Waals surface area (Å²) in [5.74, 6) is 0.368. The van der Waals surface area contributed by atoms with Gasteiger partial charge in [-0.05, 0) is 73.0 Å². The highest BCUT2D eigenvalue weighted by Gasteiger charge is 2.52. The molecule has 2 heterocycles. The third kappa shape index (κ3) is 4.27. The summed E-state index contributed by atoms with van der Waals surface area (Å²) in [4.78, 5) is 17.2. The monoisotopic (exact) mass is 416 g/mol. The van der Waals surface area contributed by atoms with Crippen LogP contribution in [0.2, 0.25) is 0 Å². The largest absolute Gasteiger partial charge is 0.494 e. The van der Waals surface area contributed by atoms with Crippen molar-refractivity contribution < 1.29 is 23.6 Å². The third-order valence-electron chi connectivity index (χ3n) is 5.85. The Morgan fingerprint density at radius 3 is 2.30 bits per heavy atom. The Hall–Kier alpha value is -1.90. The predicted octanol–water partition coefficient (Wildman–Crippen LogP) is 3.25. The molecule has 0 atom stereocenters. The van der Waals surface area contributed by atoms with Crippen LogP contribution < -0.4 is 5.46 Å². The molecule has 7 nitrogen and oxygen atoms in total. The summed E-state index contributed by atoms with van der Waals surface area (Å²) in [6.07, 6.45) is 0. The smallest absolute Gasteiger partial charge is 0.465 e. The Morgan fingerprint density at radius 2 is 1.77 bits per heavy atom. The van der Waals surface area contributed by atoms with E-state index in [2.05, 4.69) is 9.55 Å². The molecule has 164 valence electrons. The zero-order valence-corrected chi connectivity index (χ0v) is 19.6. The van der Waals surface area contributed by atoms with Gasteiger partial charge in [-0.25, -0.2) is 9.78 Å². The average molecular weight is 416 g/mol. The van der Waals surface area contributed by atoms with E-state index in [4.69, 9.17) is 18.8 Å². The van der Waals surface area contributed by atoms with Gasteiger partial charge in [-0.15, -0.1) is 0 Å². The van der Waals surface area contributed by atoms with E-state index in [0.717, 1.165) is 16.8 Å². The van der Waals surface area contributed by atoms with Crippen LogP contribution >= 0.6 is 0 Å². The molecule has 1 fully saturated rings. The van der Waals surface area contributed by atoms with Crippen LogP contribution in [0.25, 0.3) is 11.0 Å². The molecule has 0 spiro atoms. The number of nitrogens with zero attached hydrogens (tertiary/aromatic N) is 2. The quantitative estimate of drug-likeness (QED) is 0.551. The molecule has 1 saturated heterocycles. The fourth-order valence-electron chi connectivity index (χ4n) is 3.47. The molecule has 0 radical (unpaired) electrons. The first-order valence-electron chi connectivity index (χ1n) is 10.3. The van der Waals surface area contributed by atoms with E-state index in [1.165, 1.54) is 7.11 Å². The topological polar surface area (TPSA) is 71.8 Å². The van der Waals surface area contributed by atoms with Gasteiger partial charge in [-0.3, -0.25) is 0 Å². The lowest BCUT2D eigenvalue weighted by atomic mass is 9.78. The number of ether oxygens (including phenoxy) is 2. The second-order valence-corrected chi connectivity index (χ2v) is 9.79. The minimum atomic E-state index is -0.586. The number of methoxy groups -OCH3 is 1. The number of imidazole rings is 1. The van der Waals surface area contributed by atoms with Crippen LogP contribution in [0.4, 0.5) is 0 Å². The Bertz CT molecular complexity index is 943. The standard InChI is InChI=1S/C22H33BN2O5/c1-14-24-18-16(19(26)27-9)12-15(23-29-21(5,6)22(7,8)30-23)13-17(18)25(14)10-11-28-20(2,3)4/h12-13H,10-11H2,1-9H3. The minimum Gasteiger partial charge on any atom is -0.465 e. The Labute approximate surface area is 179 Å². The highest BCUT2D eigenvalue weighted by atomic mass is 16.7. The number of hydrogen-bond acceptors (Lipinski definition) is 6. The maximum atomic E-state index is 12.5. The SMILES string of the molecule is COC(=O)c1cc(B2OC(C)(C)C(C)(C)O2)cc2c1nc(C)n2CCOC(C)(C)C. The van der Waals surface area contributed by atoms with Crippen LogP contribution in [0.5, 0.6) is 0 Å². The molecular formula is C22H33BN2O5. The lowest BCUT2D eigenvalue weighted by Crippen LogP contribution is -2.41. The molecule has 30 heavy (non-hydrogen) atoms. The first-order valence-corrected chi connectivity index (χ1v) is 10.3. The molecule has 1 aliphatic rings. The fourth-order valence-corrected chi connectivity index (χ4v) is 3.47. The maximum Gasteiger partial charge on any atom is 0.494 e. The molecule has 3 rings (SSSR count). The summed E-state index contributed by atoms with van der Waals surface area (Å²) < 4.78 is 25.4. The van der Waals surface area contributed by atoms with Gasteiger partial charge >= 0.3 is 13.1 Å². The van der Waals surface area contributed by atoms with Gasteiger partial charge in [0, 0.05) is 6.54 Å². The van der Waals surface area contributed by atoms with Crippen LogP contribution in [0.1, 0.15) is 64.6 Å². The first kappa shape index (κ1) is 22.8. The highest BCUT2D eigenvalue weighted by Crippen LogP contribution is 2.37. The van der Waals surface area contributed by atoms with Crippen LogP contribution in [0.3, 0.4) is 0 Å². The third-order valence-corrected chi connectivity index (χ3v) is 5.85. The van der Waals surface area contributed by atoms with Crippen LogP contribution in [-0.4, -0.2) is 53.2 Å². The predicted molar refractivity (Wildman–Crippen MR) is 117 cm³/mol. The van der Waals surface area contributed by atoms with Crippen molar-refractivity contribution in [2.24, 2.45) is 0 Å². The van der Waals surface area contributed by atoms with Gasteiger partial charge in [-0.1, -0.05) is 0 Å². The molecule has 0 aliphatic carbocycles. The maximum absolute atomic E-state index is 12.5. The van der Waals surface area contributed by atoms with E-state index < -0.39 is 24.3 Å². The van der Waals surface area contributed by atoms with E-state index in [9.17, 15) is 4.79 Å². The Morgan fingerprint density at radius 1 is 1.17 bits per heavy atom. The van der Waals surface area contributed by atoms with Crippen LogP contribution in [-0.2, 0) is 25.3 Å². The van der Waals surface area contributed by atoms with Gasteiger partial charge in [0.15, 0.2) is 0 Å². The van der Waals surface area contributed by atoms with Gasteiger partial charge in [0.2, 0.25) is 0 Å². The van der Waals surface area contributed by atoms with E-state index in [0.29, 0.717) is 24.2 Å². The van der Waals surface area contributed by atoms with Crippen molar-refractivity contribution in [1.82, 2.24) is 9.55 Å². The molecule has 0 N–H and O–H groups in total. The summed E-state index contributed by atoms with van der Waals surface area (Å²) in [5, 5.41) is 0. The van der Waals surface area contributed by atoms with E-state index in [1.54, 1.807) is 6.07 Å². The van der Waals surface area contributed by atoms with Gasteiger partial charge in [0.05, 0.1) is 41.6 Å². The summed E-state index contributed by atoms with van der Waals surface area (Å²) in [6.45, 7) is 17.2. The first-order chi connectivity index (χ1) is 13.8. The molecular weight excluding hydrogens is 383 g/mol. The Kier molecular flexibility index (Phi) is 5.82. The number of fused-ring (bicyclic) bond motifs is 1. The number of carbonyl (C=O) groups is 1. The normalized spacial score (nSPS) is 18.2. The summed E-state index contributed by atoms with van der Waals surface area (Å²) in [7, 11) is 0.786. The second kappa shape index (κ2) is 7.66. The number of hydrogen-bond donors (Lipinski definition) is 0. The molecule has 0 amide bonds. The molecule has 1 aromatic heterocycles. The second-order valence-electron chi connectivity index (χ2n) is 9.79. The lowest BCUT2D eigenvalue weighted by molar-refractivity contribution is -0.00666. The highest BCUT2D eigenvalue weighted by molar-refractivity contribution is 6.62. The Balaban J connectivity index is 2.07. The fraction of sp³-hybridized carbons (Fsp3) is 0.636. The van der Waals surface area contributed by atoms with Crippen molar-refractivity contribution in [2.75, 3.05) is 13.7 Å². The number of aromatic nitrogens is 2. The number of benzene rings is 1. The average Bonchev–Trinajstić information content (AvgIpc) is 3.04. The van der Waals surface area contributed by atoms with Gasteiger partial charge in [-0.2, -0.15) is 0 Å². The minimum absolute atomic E-state index is 0.227. The zero-order valence-electron chi connectivity index (χ0n) is 19.6. The van der Waals surface area contributed by atoms with Crippen molar-refractivity contribution in [3.63, 3.8) is 0 Å². The number of esters is 1. The van der Waals surface area contributed by atoms with Crippen molar-refractivity contribution >= 4 is 29.6 Å². The number of carbonyl (C=O) groups excluding carboxylic acids is 1. The summed E-state index contributed by atoms with van der Waals surface area (Å²) >= 11 is 0. The number of aryl methyl sites for hydroxylation is 1. The molecule has 0 saturated carbocycles. The van der Waals surface area contributed by atoms with Crippen LogP contribution in [0.15, 0.2) is 12.1 Å². The van der Waals surface area contributed by atoms with Gasteiger partial charge in [0.1, 0.15) is 11.3 Å². The molecule has 1 aromatic carbocycles. The summed E-state index contributed by atoms with van der Waals surface area (Å²) in [6, 6.07) is 3.75. The molecule has 8 heteroatoms. The lowest BCUT2D eigenvalue weighted by Gasteiger charge is -2.32. The van der Waals surface area contributed by atoms with Gasteiger partial charge < -0.3 is 23.3 Å². The van der Waals surface area contributed by atoms with Crippen molar-refractivity contribution in [2.45, 2.75) is 78.7 Å². The van der Waals surface area contributed by atoms with E-state index in [1.807, 2.05) is 61.5 Å². The number of rotatable bonds is 5. The molecule has 2 aromatic rings. The molecule has 1 aliphatic heterocycles.